The summed E-state index contributed by atoms with van der Waals surface area (Å²) in [5.41, 5.74) is 5.87. The normalized spacial score (nSPS) is 15.2. The van der Waals surface area contributed by atoms with Crippen LogP contribution in [0.15, 0.2) is 47.5 Å². The van der Waals surface area contributed by atoms with Crippen LogP contribution in [-0.4, -0.2) is 53.9 Å². The summed E-state index contributed by atoms with van der Waals surface area (Å²) in [5.74, 6) is 0.466. The molecule has 202 valence electrons. The number of anilines is 2. The second-order valence-corrected chi connectivity index (χ2v) is 16.2. The summed E-state index contributed by atoms with van der Waals surface area (Å²) in [6, 6.07) is 10.4. The predicted molar refractivity (Wildman–Crippen MR) is 159 cm³/mol. The Labute approximate surface area is 226 Å². The molecule has 38 heavy (non-hydrogen) atoms. The zero-order valence-corrected chi connectivity index (χ0v) is 24.6. The van der Waals surface area contributed by atoms with Crippen molar-refractivity contribution in [3.8, 4) is 5.69 Å². The van der Waals surface area contributed by atoms with E-state index < -0.39 is 10.2 Å². The molecule has 1 aliphatic heterocycles. The van der Waals surface area contributed by atoms with Crippen molar-refractivity contribution in [3.63, 3.8) is 0 Å². The zero-order valence-electron chi connectivity index (χ0n) is 23.7. The number of benzene rings is 1. The van der Waals surface area contributed by atoms with Gasteiger partial charge in [-0.1, -0.05) is 26.8 Å². The first kappa shape index (κ1) is 26.4. The molecule has 8 nitrogen and oxygen atoms in total. The third-order valence-corrected chi connectivity index (χ3v) is 8.94. The van der Waals surface area contributed by atoms with Crippen LogP contribution in [0.2, 0.25) is 0 Å². The van der Waals surface area contributed by atoms with E-state index in [4.69, 9.17) is 4.98 Å². The van der Waals surface area contributed by atoms with Gasteiger partial charge in [0.15, 0.2) is 5.65 Å². The SMILES string of the molecule is CC(C)n1c(=O)c2cnc(Nc3ccc4c(c3)CCN(S(C)(C)C)C4)nc2n1-c1ccnc(C(C)(C)C)c1. The van der Waals surface area contributed by atoms with Crippen molar-refractivity contribution in [3.05, 3.63) is 69.9 Å². The number of nitrogens with zero attached hydrogens (tertiary/aromatic N) is 6. The van der Waals surface area contributed by atoms with E-state index in [0.717, 1.165) is 36.6 Å². The minimum Gasteiger partial charge on any atom is -0.324 e. The van der Waals surface area contributed by atoms with Crippen molar-refractivity contribution >= 4 is 32.9 Å². The summed E-state index contributed by atoms with van der Waals surface area (Å²) in [7, 11) is -0.730. The van der Waals surface area contributed by atoms with Crippen LogP contribution in [0, 0.1) is 0 Å². The molecule has 0 saturated heterocycles. The fourth-order valence-electron chi connectivity index (χ4n) is 4.94. The molecule has 4 heterocycles. The van der Waals surface area contributed by atoms with E-state index in [1.807, 2.05) is 30.7 Å². The minimum absolute atomic E-state index is 0.0606. The highest BCUT2D eigenvalue weighted by Crippen LogP contribution is 2.43. The van der Waals surface area contributed by atoms with Gasteiger partial charge in [-0.05, 0) is 74.4 Å². The van der Waals surface area contributed by atoms with Gasteiger partial charge in [-0.3, -0.25) is 14.1 Å². The Bertz CT molecular complexity index is 1560. The molecule has 0 atom stereocenters. The lowest BCUT2D eigenvalue weighted by Gasteiger charge is -2.43. The van der Waals surface area contributed by atoms with E-state index in [9.17, 15) is 4.79 Å². The fourth-order valence-corrected chi connectivity index (χ4v) is 6.10. The van der Waals surface area contributed by atoms with E-state index in [1.54, 1.807) is 17.1 Å². The average molecular weight is 534 g/mol. The van der Waals surface area contributed by atoms with E-state index in [1.165, 1.54) is 11.1 Å². The monoisotopic (exact) mass is 533 g/mol. The highest BCUT2D eigenvalue weighted by atomic mass is 32.3. The molecule has 5 rings (SSSR count). The highest BCUT2D eigenvalue weighted by Gasteiger charge is 2.24. The van der Waals surface area contributed by atoms with E-state index in [0.29, 0.717) is 17.0 Å². The van der Waals surface area contributed by atoms with Crippen molar-refractivity contribution in [2.75, 3.05) is 30.6 Å². The molecular weight excluding hydrogens is 494 g/mol. The second-order valence-electron chi connectivity index (χ2n) is 12.1. The second kappa shape index (κ2) is 9.54. The van der Waals surface area contributed by atoms with Gasteiger partial charge in [-0.25, -0.2) is 14.3 Å². The summed E-state index contributed by atoms with van der Waals surface area (Å²) in [6.45, 7) is 12.5. The van der Waals surface area contributed by atoms with Crippen molar-refractivity contribution in [2.45, 2.75) is 59.0 Å². The van der Waals surface area contributed by atoms with Gasteiger partial charge in [-0.15, -0.1) is 0 Å². The maximum Gasteiger partial charge on any atom is 0.278 e. The van der Waals surface area contributed by atoms with Gasteiger partial charge < -0.3 is 5.32 Å². The number of hydrogen-bond donors (Lipinski definition) is 1. The molecular formula is C29H39N7OS. The third-order valence-electron chi connectivity index (χ3n) is 7.08. The molecule has 0 fully saturated rings. The lowest BCUT2D eigenvalue weighted by molar-refractivity contribution is 0.435. The van der Waals surface area contributed by atoms with Crippen molar-refractivity contribution in [2.24, 2.45) is 0 Å². The minimum atomic E-state index is -0.730. The van der Waals surface area contributed by atoms with Gasteiger partial charge in [-0.2, -0.15) is 15.2 Å². The summed E-state index contributed by atoms with van der Waals surface area (Å²) in [4.78, 5) is 27.3. The molecule has 3 aromatic heterocycles. The van der Waals surface area contributed by atoms with Gasteiger partial charge in [0.2, 0.25) is 5.95 Å². The van der Waals surface area contributed by atoms with Gasteiger partial charge in [0.1, 0.15) is 5.39 Å². The molecule has 4 aromatic rings. The Kier molecular flexibility index (Phi) is 6.64. The van der Waals surface area contributed by atoms with E-state index in [-0.39, 0.29) is 17.0 Å². The molecule has 1 aromatic carbocycles. The first-order chi connectivity index (χ1) is 17.8. The number of pyridine rings is 1. The maximum absolute atomic E-state index is 13.4. The van der Waals surface area contributed by atoms with E-state index in [2.05, 4.69) is 77.3 Å². The maximum atomic E-state index is 13.4. The van der Waals surface area contributed by atoms with Crippen molar-refractivity contribution < 1.29 is 0 Å². The summed E-state index contributed by atoms with van der Waals surface area (Å²) in [5, 5.41) is 3.89. The van der Waals surface area contributed by atoms with Crippen LogP contribution in [0.1, 0.15) is 57.5 Å². The zero-order chi connectivity index (χ0) is 27.4. The summed E-state index contributed by atoms with van der Waals surface area (Å²) < 4.78 is 6.25. The number of hydrogen-bond acceptors (Lipinski definition) is 6. The fraction of sp³-hybridized carbons (Fsp3) is 0.448. The van der Waals surface area contributed by atoms with Crippen LogP contribution < -0.4 is 10.9 Å². The van der Waals surface area contributed by atoms with Gasteiger partial charge in [0, 0.05) is 48.3 Å². The smallest absolute Gasteiger partial charge is 0.278 e. The van der Waals surface area contributed by atoms with Crippen molar-refractivity contribution in [1.82, 2.24) is 28.6 Å². The first-order valence-electron chi connectivity index (χ1n) is 13.1. The Balaban J connectivity index is 1.54. The standard InChI is InChI=1S/C29H39N7OS/c1-19(2)35-27(37)24-17-31-28(33-26(24)36(35)23-11-13-30-25(16-23)29(3,4)5)32-22-10-9-21-18-34(38(6,7)8)14-12-20(21)15-22/h9-11,13,15-17,19H,12,14,18H2,1-8H3,(H,31,32,33). The molecule has 0 unspecified atom stereocenters. The summed E-state index contributed by atoms with van der Waals surface area (Å²) in [6.07, 6.45) is 11.5. The Morgan fingerprint density at radius 1 is 1.03 bits per heavy atom. The van der Waals surface area contributed by atoms with Crippen molar-refractivity contribution in [1.29, 1.82) is 0 Å². The number of nitrogens with one attached hydrogen (secondary N) is 1. The number of fused-ring (bicyclic) bond motifs is 2. The Morgan fingerprint density at radius 2 is 1.79 bits per heavy atom. The molecule has 0 saturated carbocycles. The van der Waals surface area contributed by atoms with Gasteiger partial charge >= 0.3 is 0 Å². The van der Waals surface area contributed by atoms with Crippen LogP contribution in [0.25, 0.3) is 16.7 Å². The van der Waals surface area contributed by atoms with Crippen LogP contribution in [0.3, 0.4) is 0 Å². The first-order valence-corrected chi connectivity index (χ1v) is 15.9. The summed E-state index contributed by atoms with van der Waals surface area (Å²) >= 11 is 0. The number of aromatic nitrogens is 5. The predicted octanol–water partition coefficient (Wildman–Crippen LogP) is 5.57. The van der Waals surface area contributed by atoms with Gasteiger partial charge in [0.05, 0.1) is 5.69 Å². The molecule has 1 N–H and O–H groups in total. The topological polar surface area (TPSA) is 80.9 Å². The van der Waals surface area contributed by atoms with Crippen LogP contribution >= 0.6 is 10.2 Å². The lowest BCUT2D eigenvalue weighted by atomic mass is 9.91. The third kappa shape index (κ3) is 4.97. The molecule has 0 radical (unpaired) electrons. The van der Waals surface area contributed by atoms with Crippen LogP contribution in [0.5, 0.6) is 0 Å². The Hall–Kier alpha value is -3.17. The number of rotatable bonds is 5. The van der Waals surface area contributed by atoms with Gasteiger partial charge in [0.25, 0.3) is 5.56 Å². The molecule has 0 aliphatic carbocycles. The molecule has 1 aliphatic rings. The Morgan fingerprint density at radius 3 is 2.47 bits per heavy atom. The quantitative estimate of drug-likeness (QED) is 0.361. The van der Waals surface area contributed by atoms with E-state index >= 15 is 0 Å². The molecule has 0 spiro atoms. The molecule has 0 bridgehead atoms. The molecule has 9 heteroatoms. The van der Waals surface area contributed by atoms with Crippen LogP contribution in [0.4, 0.5) is 11.6 Å². The van der Waals surface area contributed by atoms with Crippen LogP contribution in [-0.2, 0) is 18.4 Å². The lowest BCUT2D eigenvalue weighted by Crippen LogP contribution is -2.32. The molecule has 0 amide bonds. The largest absolute Gasteiger partial charge is 0.324 e. The highest BCUT2D eigenvalue weighted by molar-refractivity contribution is 8.30. The average Bonchev–Trinajstić information content (AvgIpc) is 3.14.